The fraction of sp³-hybridized carbons (Fsp3) is 0.520. The second kappa shape index (κ2) is 7.21. The number of hydrogen-bond acceptors (Lipinski definition) is 6. The highest BCUT2D eigenvalue weighted by Gasteiger charge is 2.54. The molecule has 9 heteroatoms. The van der Waals surface area contributed by atoms with Crippen molar-refractivity contribution in [3.63, 3.8) is 0 Å². The number of rotatable bonds is 4. The lowest BCUT2D eigenvalue weighted by molar-refractivity contribution is 0.0580. The molecule has 0 N–H and O–H groups in total. The molecular weight excluding hydrogens is 453 g/mol. The van der Waals surface area contributed by atoms with Gasteiger partial charge in [-0.15, -0.1) is 10.2 Å². The van der Waals surface area contributed by atoms with Gasteiger partial charge in [-0.2, -0.15) is 0 Å². The van der Waals surface area contributed by atoms with Crippen LogP contribution in [0.5, 0.6) is 0 Å². The first-order chi connectivity index (χ1) is 16.4. The van der Waals surface area contributed by atoms with E-state index >= 15 is 0 Å². The molecular formula is C25H27ClFN7. The van der Waals surface area contributed by atoms with E-state index in [0.29, 0.717) is 48.8 Å². The Balaban J connectivity index is 1.13. The van der Waals surface area contributed by atoms with Crippen LogP contribution in [0.3, 0.4) is 0 Å². The van der Waals surface area contributed by atoms with E-state index in [4.69, 9.17) is 11.6 Å². The van der Waals surface area contributed by atoms with Gasteiger partial charge in [0.2, 0.25) is 0 Å². The molecule has 4 heterocycles. The molecule has 4 aliphatic rings. The van der Waals surface area contributed by atoms with E-state index in [1.807, 2.05) is 25.3 Å². The van der Waals surface area contributed by atoms with Gasteiger partial charge in [0.25, 0.3) is 0 Å². The third-order valence-electron chi connectivity index (χ3n) is 7.94. The van der Waals surface area contributed by atoms with Crippen LogP contribution in [0.15, 0.2) is 30.6 Å². The summed E-state index contributed by atoms with van der Waals surface area (Å²) in [5.74, 6) is 3.27. The van der Waals surface area contributed by atoms with Crippen molar-refractivity contribution in [3.8, 4) is 5.69 Å². The molecule has 0 atom stereocenters. The number of benzene rings is 1. The Bertz CT molecular complexity index is 1270. The molecule has 2 saturated carbocycles. The van der Waals surface area contributed by atoms with E-state index in [1.165, 1.54) is 0 Å². The van der Waals surface area contributed by atoms with Crippen LogP contribution < -0.4 is 4.90 Å². The minimum atomic E-state index is -1.05. The van der Waals surface area contributed by atoms with Gasteiger partial charge in [-0.05, 0) is 56.4 Å². The summed E-state index contributed by atoms with van der Waals surface area (Å²) >= 11 is 6.36. The third kappa shape index (κ3) is 3.41. The average molecular weight is 480 g/mol. The van der Waals surface area contributed by atoms with Crippen molar-refractivity contribution >= 4 is 17.4 Å². The number of hydrogen-bond donors (Lipinski definition) is 0. The summed E-state index contributed by atoms with van der Waals surface area (Å²) in [5.41, 5.74) is 2.42. The maximum atomic E-state index is 14.6. The molecule has 3 fully saturated rings. The van der Waals surface area contributed by atoms with Crippen molar-refractivity contribution in [2.75, 3.05) is 24.5 Å². The zero-order valence-electron chi connectivity index (χ0n) is 19.2. The quantitative estimate of drug-likeness (QED) is 0.558. The van der Waals surface area contributed by atoms with Crippen molar-refractivity contribution in [2.45, 2.75) is 57.3 Å². The number of halogens is 2. The number of anilines is 1. The molecule has 2 aliphatic carbocycles. The van der Waals surface area contributed by atoms with Gasteiger partial charge in [0, 0.05) is 48.7 Å². The lowest BCUT2D eigenvalue weighted by atomic mass is 9.57. The van der Waals surface area contributed by atoms with Gasteiger partial charge in [0.05, 0.1) is 24.1 Å². The van der Waals surface area contributed by atoms with Crippen LogP contribution in [0, 0.1) is 12.3 Å². The largest absolute Gasteiger partial charge is 0.354 e. The van der Waals surface area contributed by atoms with Crippen LogP contribution in [0.1, 0.15) is 54.5 Å². The third-order valence-corrected chi connectivity index (χ3v) is 8.17. The van der Waals surface area contributed by atoms with E-state index in [0.717, 1.165) is 60.3 Å². The zero-order valence-corrected chi connectivity index (χ0v) is 20.0. The fourth-order valence-electron chi connectivity index (χ4n) is 6.12. The summed E-state index contributed by atoms with van der Waals surface area (Å²) in [6, 6.07) is 6.00. The van der Waals surface area contributed by atoms with Crippen molar-refractivity contribution in [3.05, 3.63) is 58.5 Å². The van der Waals surface area contributed by atoms with E-state index < -0.39 is 5.67 Å². The lowest BCUT2D eigenvalue weighted by Gasteiger charge is -2.59. The molecule has 7 rings (SSSR count). The molecule has 1 saturated heterocycles. The predicted octanol–water partition coefficient (Wildman–Crippen LogP) is 4.22. The molecule has 1 aromatic carbocycles. The first-order valence-electron chi connectivity index (χ1n) is 12.1. The van der Waals surface area contributed by atoms with Crippen molar-refractivity contribution in [1.29, 1.82) is 0 Å². The number of alkyl halides is 1. The molecule has 2 aromatic heterocycles. The number of aromatic nitrogens is 5. The molecule has 0 radical (unpaired) electrons. The van der Waals surface area contributed by atoms with Crippen LogP contribution in [0.25, 0.3) is 5.69 Å². The highest BCUT2D eigenvalue weighted by molar-refractivity contribution is 6.30. The molecule has 7 nitrogen and oxygen atoms in total. The Morgan fingerprint density at radius 3 is 2.71 bits per heavy atom. The monoisotopic (exact) mass is 479 g/mol. The summed E-state index contributed by atoms with van der Waals surface area (Å²) in [6.45, 7) is 5.72. The van der Waals surface area contributed by atoms with Crippen molar-refractivity contribution in [2.24, 2.45) is 5.41 Å². The van der Waals surface area contributed by atoms with E-state index in [2.05, 4.69) is 40.6 Å². The Morgan fingerprint density at radius 1 is 1.12 bits per heavy atom. The fourth-order valence-corrected chi connectivity index (χ4v) is 6.31. The minimum Gasteiger partial charge on any atom is -0.354 e. The molecule has 176 valence electrons. The Kier molecular flexibility index (Phi) is 4.40. The van der Waals surface area contributed by atoms with Gasteiger partial charge in [-0.25, -0.2) is 9.37 Å². The SMILES string of the molecule is Cc1cncc(N2CC3(CC(c4nnc5n4-c4ccc(Cl)cc4CN(CC4(F)CC4)C5)C3)C2)n1. The normalized spacial score (nSPS) is 22.5. The zero-order chi connectivity index (χ0) is 23.1. The summed E-state index contributed by atoms with van der Waals surface area (Å²) < 4.78 is 16.9. The number of nitrogens with zero attached hydrogens (tertiary/aromatic N) is 7. The Labute approximate surface area is 203 Å². The molecule has 0 amide bonds. The van der Waals surface area contributed by atoms with Gasteiger partial charge in [-0.1, -0.05) is 11.6 Å². The number of fused-ring (bicyclic) bond motifs is 3. The maximum Gasteiger partial charge on any atom is 0.151 e. The summed E-state index contributed by atoms with van der Waals surface area (Å²) in [5, 5.41) is 9.96. The van der Waals surface area contributed by atoms with Crippen molar-refractivity contribution in [1.82, 2.24) is 29.6 Å². The van der Waals surface area contributed by atoms with E-state index in [1.54, 1.807) is 6.20 Å². The summed E-state index contributed by atoms with van der Waals surface area (Å²) in [4.78, 5) is 13.4. The van der Waals surface area contributed by atoms with Gasteiger partial charge in [0.15, 0.2) is 5.82 Å². The van der Waals surface area contributed by atoms with Gasteiger partial charge >= 0.3 is 0 Å². The smallest absolute Gasteiger partial charge is 0.151 e. The first kappa shape index (κ1) is 20.8. The Morgan fingerprint density at radius 2 is 1.94 bits per heavy atom. The van der Waals surface area contributed by atoms with Crippen LogP contribution in [-0.2, 0) is 13.1 Å². The molecule has 1 spiro atoms. The van der Waals surface area contributed by atoms with Crippen LogP contribution in [0.2, 0.25) is 5.02 Å². The van der Waals surface area contributed by atoms with Crippen LogP contribution in [0.4, 0.5) is 10.2 Å². The van der Waals surface area contributed by atoms with Gasteiger partial charge < -0.3 is 4.90 Å². The molecule has 2 aliphatic heterocycles. The Hall–Kier alpha value is -2.58. The minimum absolute atomic E-state index is 0.328. The maximum absolute atomic E-state index is 14.6. The molecule has 3 aromatic rings. The summed E-state index contributed by atoms with van der Waals surface area (Å²) in [7, 11) is 0. The van der Waals surface area contributed by atoms with Crippen LogP contribution in [-0.4, -0.2) is 54.9 Å². The average Bonchev–Trinajstić information content (AvgIpc) is 3.36. The van der Waals surface area contributed by atoms with Crippen LogP contribution >= 0.6 is 11.6 Å². The van der Waals surface area contributed by atoms with E-state index in [-0.39, 0.29) is 0 Å². The second-order valence-electron chi connectivity index (χ2n) is 10.9. The standard InChI is InChI=1S/C25H27ClFN7/c1-16-9-28-10-21(29-16)33-13-24(14-33)7-18(8-24)23-31-30-22-12-32(15-25(27)4-5-25)11-17-6-19(26)2-3-20(17)34(22)23/h2-3,6,9-10,18H,4-5,7-8,11-15H2,1H3. The van der Waals surface area contributed by atoms with Gasteiger partial charge in [-0.3, -0.25) is 14.5 Å². The molecule has 34 heavy (non-hydrogen) atoms. The first-order valence-corrected chi connectivity index (χ1v) is 12.4. The highest BCUT2D eigenvalue weighted by atomic mass is 35.5. The van der Waals surface area contributed by atoms with E-state index in [9.17, 15) is 4.39 Å². The van der Waals surface area contributed by atoms with Crippen molar-refractivity contribution < 1.29 is 4.39 Å². The molecule has 0 unspecified atom stereocenters. The second-order valence-corrected chi connectivity index (χ2v) is 11.3. The number of aryl methyl sites for hydroxylation is 1. The highest BCUT2D eigenvalue weighted by Crippen LogP contribution is 2.56. The molecule has 0 bridgehead atoms. The van der Waals surface area contributed by atoms with Gasteiger partial charge in [0.1, 0.15) is 17.3 Å². The summed E-state index contributed by atoms with van der Waals surface area (Å²) in [6.07, 6.45) is 7.14. The predicted molar refractivity (Wildman–Crippen MR) is 127 cm³/mol. The lowest BCUT2D eigenvalue weighted by Crippen LogP contribution is -2.62. The topological polar surface area (TPSA) is 63.0 Å².